The maximum absolute atomic E-state index is 12.5. The van der Waals surface area contributed by atoms with Crippen molar-refractivity contribution >= 4 is 23.7 Å². The van der Waals surface area contributed by atoms with E-state index in [1.54, 1.807) is 24.3 Å². The third kappa shape index (κ3) is 8.30. The summed E-state index contributed by atoms with van der Waals surface area (Å²) in [6.45, 7) is -0.273. The van der Waals surface area contributed by atoms with Crippen LogP contribution in [0.3, 0.4) is 0 Å². The molecule has 5 N–H and O–H groups in total. The normalized spacial score (nSPS) is 10.8. The first-order valence-corrected chi connectivity index (χ1v) is 9.79. The number of hydrogen-bond donors (Lipinski definition) is 5. The van der Waals surface area contributed by atoms with E-state index in [1.165, 1.54) is 5.48 Å². The lowest BCUT2D eigenvalue weighted by atomic mass is 10.1. The van der Waals surface area contributed by atoms with Crippen molar-refractivity contribution in [1.82, 2.24) is 16.1 Å². The van der Waals surface area contributed by atoms with E-state index in [1.807, 2.05) is 30.3 Å². The monoisotopic (exact) mass is 437 g/mol. The van der Waals surface area contributed by atoms with Crippen molar-refractivity contribution in [3.8, 4) is 11.8 Å². The van der Waals surface area contributed by atoms with Gasteiger partial charge in [0, 0.05) is 36.1 Å². The molecule has 0 spiro atoms. The fourth-order valence-electron chi connectivity index (χ4n) is 2.60. The molecule has 2 aromatic rings. The molecule has 0 bridgehead atoms. The molecule has 0 aromatic heterocycles. The van der Waals surface area contributed by atoms with Crippen LogP contribution < -0.4 is 16.1 Å². The standard InChI is InChI=1S/C23H23N3O6/c27-20(7-4-8-21(28)29)24-15-19(23(31)26-32)25-22(30)18-13-11-17(12-14-18)10-9-16-5-2-1-3-6-16/h1-3,5-6,11-14,19,32H,4,7-8,15H2,(H,24,27)(H,25,30)(H,26,31)(H,28,29)/t19-/m0/s1. The van der Waals surface area contributed by atoms with Crippen molar-refractivity contribution in [3.63, 3.8) is 0 Å². The average molecular weight is 437 g/mol. The van der Waals surface area contributed by atoms with Gasteiger partial charge in [0.05, 0.1) is 0 Å². The molecule has 2 rings (SSSR count). The number of benzene rings is 2. The van der Waals surface area contributed by atoms with Gasteiger partial charge in [0.1, 0.15) is 6.04 Å². The van der Waals surface area contributed by atoms with Gasteiger partial charge in [-0.15, -0.1) is 0 Å². The predicted molar refractivity (Wildman–Crippen MR) is 115 cm³/mol. The number of nitrogens with one attached hydrogen (secondary N) is 3. The van der Waals surface area contributed by atoms with Gasteiger partial charge in [0.15, 0.2) is 0 Å². The Morgan fingerprint density at radius 1 is 0.875 bits per heavy atom. The number of aliphatic carboxylic acids is 1. The second kappa shape index (κ2) is 12.5. The Morgan fingerprint density at radius 2 is 1.50 bits per heavy atom. The molecule has 0 heterocycles. The number of carbonyl (C=O) groups is 4. The summed E-state index contributed by atoms with van der Waals surface area (Å²) in [6, 6.07) is 14.6. The van der Waals surface area contributed by atoms with E-state index < -0.39 is 29.7 Å². The van der Waals surface area contributed by atoms with Gasteiger partial charge >= 0.3 is 5.97 Å². The number of hydrogen-bond acceptors (Lipinski definition) is 5. The summed E-state index contributed by atoms with van der Waals surface area (Å²) in [5, 5.41) is 22.4. The molecule has 0 fully saturated rings. The van der Waals surface area contributed by atoms with Crippen LogP contribution in [0.15, 0.2) is 54.6 Å². The Labute approximate surface area is 184 Å². The highest BCUT2D eigenvalue weighted by molar-refractivity contribution is 5.97. The molecule has 0 radical (unpaired) electrons. The Balaban J connectivity index is 1.94. The number of hydroxylamine groups is 1. The first kappa shape index (κ1) is 24.1. The second-order valence-corrected chi connectivity index (χ2v) is 6.75. The minimum atomic E-state index is -1.23. The van der Waals surface area contributed by atoms with Crippen LogP contribution in [-0.2, 0) is 14.4 Å². The molecule has 0 saturated carbocycles. The number of carboxylic acid groups (broad SMARTS) is 1. The van der Waals surface area contributed by atoms with Gasteiger partial charge in [0.25, 0.3) is 11.8 Å². The largest absolute Gasteiger partial charge is 0.481 e. The third-order valence-electron chi connectivity index (χ3n) is 4.30. The fraction of sp³-hybridized carbons (Fsp3) is 0.217. The van der Waals surface area contributed by atoms with Gasteiger partial charge < -0.3 is 15.7 Å². The highest BCUT2D eigenvalue weighted by Gasteiger charge is 2.22. The summed E-state index contributed by atoms with van der Waals surface area (Å²) in [5.74, 6) is 3.02. The van der Waals surface area contributed by atoms with E-state index in [4.69, 9.17) is 10.3 Å². The Morgan fingerprint density at radius 3 is 2.09 bits per heavy atom. The zero-order chi connectivity index (χ0) is 23.3. The van der Waals surface area contributed by atoms with Crippen molar-refractivity contribution in [1.29, 1.82) is 0 Å². The Bertz CT molecular complexity index is 1010. The van der Waals surface area contributed by atoms with Gasteiger partial charge in [-0.3, -0.25) is 24.4 Å². The van der Waals surface area contributed by atoms with Crippen molar-refractivity contribution < 1.29 is 29.5 Å². The maximum Gasteiger partial charge on any atom is 0.303 e. The van der Waals surface area contributed by atoms with E-state index in [0.29, 0.717) is 5.56 Å². The summed E-state index contributed by atoms with van der Waals surface area (Å²) in [6.07, 6.45) is -0.0560. The summed E-state index contributed by atoms with van der Waals surface area (Å²) >= 11 is 0. The molecule has 1 atom stereocenters. The molecule has 32 heavy (non-hydrogen) atoms. The van der Waals surface area contributed by atoms with Crippen LogP contribution in [0.5, 0.6) is 0 Å². The molecule has 2 aromatic carbocycles. The van der Waals surface area contributed by atoms with Crippen molar-refractivity contribution in [2.75, 3.05) is 6.54 Å². The Hall–Kier alpha value is -4.16. The quantitative estimate of drug-likeness (QED) is 0.225. The SMILES string of the molecule is O=C(O)CCCC(=O)NC[C@H](NC(=O)c1ccc(C#Cc2ccccc2)cc1)C(=O)NO. The topological polar surface area (TPSA) is 145 Å². The van der Waals surface area contributed by atoms with Crippen molar-refractivity contribution in [2.24, 2.45) is 0 Å². The van der Waals surface area contributed by atoms with Crippen LogP contribution in [-0.4, -0.2) is 46.6 Å². The second-order valence-electron chi connectivity index (χ2n) is 6.75. The van der Waals surface area contributed by atoms with Crippen LogP contribution >= 0.6 is 0 Å². The van der Waals surface area contributed by atoms with Crippen LogP contribution in [0.2, 0.25) is 0 Å². The highest BCUT2D eigenvalue weighted by atomic mass is 16.5. The average Bonchev–Trinajstić information content (AvgIpc) is 2.80. The molecular formula is C23H23N3O6. The van der Waals surface area contributed by atoms with Gasteiger partial charge in [-0.05, 0) is 42.8 Å². The minimum Gasteiger partial charge on any atom is -0.481 e. The molecule has 0 saturated heterocycles. The van der Waals surface area contributed by atoms with Gasteiger partial charge in [0.2, 0.25) is 5.91 Å². The van der Waals surface area contributed by atoms with Gasteiger partial charge in [-0.25, -0.2) is 5.48 Å². The van der Waals surface area contributed by atoms with E-state index in [2.05, 4.69) is 22.5 Å². The van der Waals surface area contributed by atoms with Crippen LogP contribution in [0.1, 0.15) is 40.7 Å². The zero-order valence-corrected chi connectivity index (χ0v) is 17.1. The summed E-state index contributed by atoms with van der Waals surface area (Å²) in [7, 11) is 0. The van der Waals surface area contributed by atoms with E-state index in [-0.39, 0.29) is 31.4 Å². The van der Waals surface area contributed by atoms with Crippen molar-refractivity contribution in [2.45, 2.75) is 25.3 Å². The van der Waals surface area contributed by atoms with Crippen LogP contribution in [0, 0.1) is 11.8 Å². The number of carboxylic acids is 1. The molecule has 0 aliphatic heterocycles. The number of amides is 3. The van der Waals surface area contributed by atoms with Crippen LogP contribution in [0.4, 0.5) is 0 Å². The zero-order valence-electron chi connectivity index (χ0n) is 17.1. The first-order valence-electron chi connectivity index (χ1n) is 9.79. The fourth-order valence-corrected chi connectivity index (χ4v) is 2.60. The Kier molecular flexibility index (Phi) is 9.43. The van der Waals surface area contributed by atoms with Gasteiger partial charge in [-0.1, -0.05) is 30.0 Å². The van der Waals surface area contributed by atoms with Gasteiger partial charge in [-0.2, -0.15) is 0 Å². The molecular weight excluding hydrogens is 414 g/mol. The summed E-state index contributed by atoms with van der Waals surface area (Å²) in [4.78, 5) is 46.6. The van der Waals surface area contributed by atoms with E-state index in [0.717, 1.165) is 5.56 Å². The summed E-state index contributed by atoms with van der Waals surface area (Å²) < 4.78 is 0. The van der Waals surface area contributed by atoms with E-state index in [9.17, 15) is 19.2 Å². The molecule has 9 nitrogen and oxygen atoms in total. The molecule has 0 unspecified atom stereocenters. The smallest absolute Gasteiger partial charge is 0.303 e. The lowest BCUT2D eigenvalue weighted by molar-refractivity contribution is -0.137. The predicted octanol–water partition coefficient (Wildman–Crippen LogP) is 1.06. The first-order chi connectivity index (χ1) is 15.4. The third-order valence-corrected chi connectivity index (χ3v) is 4.30. The highest BCUT2D eigenvalue weighted by Crippen LogP contribution is 2.05. The molecule has 3 amide bonds. The van der Waals surface area contributed by atoms with Crippen molar-refractivity contribution in [3.05, 3.63) is 71.3 Å². The molecule has 166 valence electrons. The number of rotatable bonds is 9. The molecule has 0 aliphatic rings. The minimum absolute atomic E-state index is 0.0425. The number of carbonyl (C=O) groups excluding carboxylic acids is 3. The van der Waals surface area contributed by atoms with E-state index >= 15 is 0 Å². The molecule has 9 heteroatoms. The molecule has 0 aliphatic carbocycles. The van der Waals surface area contributed by atoms with Crippen LogP contribution in [0.25, 0.3) is 0 Å². The summed E-state index contributed by atoms with van der Waals surface area (Å²) in [5.41, 5.74) is 3.26. The maximum atomic E-state index is 12.5. The lowest BCUT2D eigenvalue weighted by Gasteiger charge is -2.17. The lowest BCUT2D eigenvalue weighted by Crippen LogP contribution is -2.52.